The minimum atomic E-state index is -4.16. The minimum absolute atomic E-state index is 0. The van der Waals surface area contributed by atoms with E-state index < -0.39 is 10.1 Å². The number of rotatable bonds is 8. The van der Waals surface area contributed by atoms with Crippen molar-refractivity contribution in [3.8, 4) is 11.5 Å². The molecular weight excluding hydrogens is 305 g/mol. The molecule has 0 fully saturated rings. The Morgan fingerprint density at radius 2 is 1.67 bits per heavy atom. The van der Waals surface area contributed by atoms with E-state index in [0.29, 0.717) is 31.0 Å². The predicted molar refractivity (Wildman–Crippen MR) is 76.6 cm³/mol. The number of hydrogen-bond donors (Lipinski definition) is 0. The van der Waals surface area contributed by atoms with Gasteiger partial charge >= 0.3 is 29.6 Å². The van der Waals surface area contributed by atoms with Gasteiger partial charge in [-0.25, -0.2) is 8.42 Å². The van der Waals surface area contributed by atoms with Gasteiger partial charge in [0.2, 0.25) is 0 Å². The van der Waals surface area contributed by atoms with E-state index in [-0.39, 0.29) is 35.3 Å². The molecular formula is C13H20NNaO5S. The van der Waals surface area contributed by atoms with Crippen molar-refractivity contribution in [2.45, 2.75) is 13.3 Å². The third kappa shape index (κ3) is 7.37. The zero-order chi connectivity index (χ0) is 15.2. The van der Waals surface area contributed by atoms with E-state index in [2.05, 4.69) is 0 Å². The Balaban J connectivity index is 0.00000400. The number of nitrogens with zero attached hydrogens (tertiary/aromatic N) is 1. The molecule has 8 heteroatoms. The van der Waals surface area contributed by atoms with Crippen molar-refractivity contribution in [1.29, 1.82) is 0 Å². The normalized spacial score (nSPS) is 10.7. The van der Waals surface area contributed by atoms with Gasteiger partial charge in [0.1, 0.15) is 11.5 Å². The Morgan fingerprint density at radius 1 is 1.14 bits per heavy atom. The summed E-state index contributed by atoms with van der Waals surface area (Å²) in [5.41, 5.74) is 0.868. The number of ether oxygens (including phenoxy) is 2. The molecule has 1 aromatic carbocycles. The van der Waals surface area contributed by atoms with Crippen LogP contribution in [0.2, 0.25) is 0 Å². The number of methoxy groups -OCH3 is 2. The molecule has 0 aliphatic rings. The van der Waals surface area contributed by atoms with E-state index in [9.17, 15) is 13.0 Å². The van der Waals surface area contributed by atoms with Crippen LogP contribution in [0.3, 0.4) is 0 Å². The topological polar surface area (TPSA) is 78.9 Å². The maximum Gasteiger partial charge on any atom is 1.00 e. The molecule has 0 saturated heterocycles. The Morgan fingerprint density at radius 3 is 2.05 bits per heavy atom. The van der Waals surface area contributed by atoms with Gasteiger partial charge in [0.25, 0.3) is 0 Å². The van der Waals surface area contributed by atoms with E-state index in [1.807, 2.05) is 24.0 Å². The van der Waals surface area contributed by atoms with Crippen LogP contribution in [0.5, 0.6) is 11.5 Å². The van der Waals surface area contributed by atoms with Gasteiger partial charge in [0.05, 0.1) is 24.3 Å². The number of benzene rings is 1. The summed E-state index contributed by atoms with van der Waals surface area (Å²) in [6.45, 7) is 3.13. The fourth-order valence-electron chi connectivity index (χ4n) is 1.88. The first-order valence-corrected chi connectivity index (χ1v) is 7.89. The predicted octanol–water partition coefficient (Wildman–Crippen LogP) is -1.53. The first-order valence-electron chi connectivity index (χ1n) is 6.31. The van der Waals surface area contributed by atoms with Gasteiger partial charge < -0.3 is 18.9 Å². The maximum absolute atomic E-state index is 10.6. The second-order valence-corrected chi connectivity index (χ2v) is 5.79. The molecule has 0 bridgehead atoms. The van der Waals surface area contributed by atoms with Crippen LogP contribution in [0.4, 0.5) is 5.69 Å². The summed E-state index contributed by atoms with van der Waals surface area (Å²) in [6.07, 6.45) is 0.291. The van der Waals surface area contributed by atoms with E-state index >= 15 is 0 Å². The molecule has 0 N–H and O–H groups in total. The molecule has 0 atom stereocenters. The van der Waals surface area contributed by atoms with Gasteiger partial charge in [-0.2, -0.15) is 0 Å². The molecule has 21 heavy (non-hydrogen) atoms. The van der Waals surface area contributed by atoms with Gasteiger partial charge in [-0.15, -0.1) is 0 Å². The number of hydrogen-bond acceptors (Lipinski definition) is 6. The first-order chi connectivity index (χ1) is 9.39. The quantitative estimate of drug-likeness (QED) is 0.426. The summed E-state index contributed by atoms with van der Waals surface area (Å²) in [6, 6.07) is 5.45. The van der Waals surface area contributed by atoms with Crippen LogP contribution in [-0.2, 0) is 10.1 Å². The maximum atomic E-state index is 10.6. The average Bonchev–Trinajstić information content (AvgIpc) is 2.41. The molecule has 0 heterocycles. The van der Waals surface area contributed by atoms with Crippen molar-refractivity contribution in [2.75, 3.05) is 38.0 Å². The molecule has 6 nitrogen and oxygen atoms in total. The van der Waals surface area contributed by atoms with Crippen LogP contribution < -0.4 is 43.9 Å². The fourth-order valence-corrected chi connectivity index (χ4v) is 2.36. The largest absolute Gasteiger partial charge is 1.00 e. The van der Waals surface area contributed by atoms with Gasteiger partial charge in [-0.1, -0.05) is 0 Å². The third-order valence-electron chi connectivity index (χ3n) is 2.91. The number of anilines is 1. The Bertz CT molecular complexity index is 513. The Labute approximate surface area is 148 Å². The molecule has 0 spiro atoms. The standard InChI is InChI=1S/C13H21NO5S.Na/c1-4-14(6-5-7-20(15,16)17)11-8-12(18-2)10-13(9-11)19-3;/h8-10H,4-7H2,1-3H3,(H,15,16,17);/q;+1/p-1. The third-order valence-corrected chi connectivity index (χ3v) is 3.69. The first kappa shape index (κ1) is 20.5. The molecule has 1 rings (SSSR count). The zero-order valence-electron chi connectivity index (χ0n) is 13.0. The van der Waals surface area contributed by atoms with Crippen molar-refractivity contribution < 1.29 is 52.0 Å². The van der Waals surface area contributed by atoms with Crippen LogP contribution in [-0.4, -0.2) is 46.0 Å². The molecule has 0 aromatic heterocycles. The van der Waals surface area contributed by atoms with E-state index in [4.69, 9.17) is 9.47 Å². The monoisotopic (exact) mass is 325 g/mol. The molecule has 1 aromatic rings. The van der Waals surface area contributed by atoms with Gasteiger partial charge in [0.15, 0.2) is 0 Å². The van der Waals surface area contributed by atoms with E-state index in [1.165, 1.54) is 0 Å². The van der Waals surface area contributed by atoms with Crippen molar-refractivity contribution in [3.05, 3.63) is 18.2 Å². The van der Waals surface area contributed by atoms with Crippen LogP contribution in [0.1, 0.15) is 13.3 Å². The van der Waals surface area contributed by atoms with Gasteiger partial charge in [0, 0.05) is 42.7 Å². The smallest absolute Gasteiger partial charge is 0.748 e. The summed E-state index contributed by atoms with van der Waals surface area (Å²) in [7, 11) is -1.03. The average molecular weight is 325 g/mol. The van der Waals surface area contributed by atoms with Crippen LogP contribution in [0.25, 0.3) is 0 Å². The molecule has 0 saturated carbocycles. The van der Waals surface area contributed by atoms with Crippen molar-refractivity contribution in [1.82, 2.24) is 0 Å². The van der Waals surface area contributed by atoms with Crippen LogP contribution >= 0.6 is 0 Å². The van der Waals surface area contributed by atoms with Gasteiger partial charge in [-0.05, 0) is 13.3 Å². The minimum Gasteiger partial charge on any atom is -0.748 e. The van der Waals surface area contributed by atoms with Crippen LogP contribution in [0.15, 0.2) is 18.2 Å². The van der Waals surface area contributed by atoms with Crippen molar-refractivity contribution in [2.24, 2.45) is 0 Å². The Kier molecular flexibility index (Phi) is 9.31. The van der Waals surface area contributed by atoms with Crippen molar-refractivity contribution in [3.63, 3.8) is 0 Å². The summed E-state index contributed by atoms with van der Waals surface area (Å²) in [5.74, 6) is 0.966. The molecule has 0 amide bonds. The second kappa shape index (κ2) is 9.53. The summed E-state index contributed by atoms with van der Waals surface area (Å²) in [5, 5.41) is 0. The second-order valence-electron chi connectivity index (χ2n) is 4.27. The fraction of sp³-hybridized carbons (Fsp3) is 0.538. The van der Waals surface area contributed by atoms with Crippen molar-refractivity contribution >= 4 is 15.8 Å². The summed E-state index contributed by atoms with van der Waals surface area (Å²) in [4.78, 5) is 1.97. The van der Waals surface area contributed by atoms with E-state index in [0.717, 1.165) is 5.69 Å². The molecule has 0 radical (unpaired) electrons. The molecule has 0 unspecified atom stereocenters. The summed E-state index contributed by atoms with van der Waals surface area (Å²) < 4.78 is 42.3. The van der Waals surface area contributed by atoms with E-state index in [1.54, 1.807) is 20.3 Å². The molecule has 0 aliphatic carbocycles. The molecule has 0 aliphatic heterocycles. The zero-order valence-corrected chi connectivity index (χ0v) is 15.8. The SMILES string of the molecule is CCN(CCCS(=O)(=O)[O-])c1cc(OC)cc(OC)c1.[Na+]. The summed E-state index contributed by atoms with van der Waals surface area (Å²) >= 11 is 0. The van der Waals surface area contributed by atoms with Crippen LogP contribution in [0, 0.1) is 0 Å². The molecule has 114 valence electrons. The van der Waals surface area contributed by atoms with Gasteiger partial charge in [-0.3, -0.25) is 0 Å². The Hall–Kier alpha value is -0.470.